The van der Waals surface area contributed by atoms with E-state index in [0.717, 1.165) is 22.3 Å². The van der Waals surface area contributed by atoms with Crippen LogP contribution in [0.2, 0.25) is 0 Å². The third-order valence-corrected chi connectivity index (χ3v) is 7.23. The first-order valence-electron chi connectivity index (χ1n) is 14.7. The number of rotatable bonds is 14. The van der Waals surface area contributed by atoms with Crippen molar-refractivity contribution in [3.8, 4) is 0 Å². The number of amides is 1. The van der Waals surface area contributed by atoms with Gasteiger partial charge in [-0.05, 0) is 22.3 Å². The predicted octanol–water partition coefficient (Wildman–Crippen LogP) is 5.82. The Balaban J connectivity index is 1.42. The molecule has 1 N–H and O–H groups in total. The van der Waals surface area contributed by atoms with Crippen molar-refractivity contribution in [2.45, 2.75) is 64.0 Å². The summed E-state index contributed by atoms with van der Waals surface area (Å²) in [7, 11) is 0. The van der Waals surface area contributed by atoms with Crippen molar-refractivity contribution in [2.24, 2.45) is 0 Å². The van der Waals surface area contributed by atoms with Crippen LogP contribution in [-0.4, -0.2) is 43.2 Å². The standard InChI is InChI=1S/C36H39NO6/c1-27(38)37-36-35(42-25-31-20-12-5-13-21-31)34(41-24-30-18-10-4-11-19-30)33(40-23-29-16-8-3-9-17-29)32(43-36)26-39-22-28-14-6-2-7-15-28/h2-21,32-36H,22-26H2,1H3,(H,37,38)/t32?,33-,34?,35?,36-/m1/s1. The van der Waals surface area contributed by atoms with Gasteiger partial charge in [0.05, 0.1) is 33.0 Å². The molecule has 1 saturated heterocycles. The van der Waals surface area contributed by atoms with E-state index in [1.807, 2.05) is 121 Å². The second-order valence-electron chi connectivity index (χ2n) is 10.6. The summed E-state index contributed by atoms with van der Waals surface area (Å²) in [4.78, 5) is 12.4. The van der Waals surface area contributed by atoms with Crippen LogP contribution in [0.3, 0.4) is 0 Å². The molecule has 0 radical (unpaired) electrons. The summed E-state index contributed by atoms with van der Waals surface area (Å²) in [6.07, 6.45) is -3.10. The van der Waals surface area contributed by atoms with Crippen LogP contribution in [0.25, 0.3) is 0 Å². The normalized spacial score (nSPS) is 21.7. The molecule has 224 valence electrons. The molecule has 0 saturated carbocycles. The Morgan fingerprint density at radius 2 is 0.977 bits per heavy atom. The quantitative estimate of drug-likeness (QED) is 0.202. The average Bonchev–Trinajstić information content (AvgIpc) is 3.04. The highest BCUT2D eigenvalue weighted by molar-refractivity contribution is 5.73. The van der Waals surface area contributed by atoms with E-state index in [0.29, 0.717) is 26.4 Å². The Hall–Kier alpha value is -3.85. The first-order valence-corrected chi connectivity index (χ1v) is 14.7. The first kappa shape index (κ1) is 30.6. The van der Waals surface area contributed by atoms with Gasteiger partial charge in [0.15, 0.2) is 6.23 Å². The molecule has 1 aliphatic heterocycles. The maximum absolute atomic E-state index is 12.4. The Bertz CT molecular complexity index is 1360. The van der Waals surface area contributed by atoms with Crippen molar-refractivity contribution in [2.75, 3.05) is 6.61 Å². The van der Waals surface area contributed by atoms with Gasteiger partial charge in [-0.25, -0.2) is 0 Å². The number of carbonyl (C=O) groups is 1. The van der Waals surface area contributed by atoms with E-state index in [4.69, 9.17) is 23.7 Å². The second kappa shape index (κ2) is 16.1. The summed E-state index contributed by atoms with van der Waals surface area (Å²) in [6, 6.07) is 39.8. The molecule has 7 nitrogen and oxygen atoms in total. The summed E-state index contributed by atoms with van der Waals surface area (Å²) in [5.41, 5.74) is 4.10. The lowest BCUT2D eigenvalue weighted by Crippen LogP contribution is -2.65. The molecule has 4 aromatic carbocycles. The predicted molar refractivity (Wildman–Crippen MR) is 164 cm³/mol. The van der Waals surface area contributed by atoms with Gasteiger partial charge in [-0.1, -0.05) is 121 Å². The van der Waals surface area contributed by atoms with Gasteiger partial charge in [-0.2, -0.15) is 0 Å². The lowest BCUT2D eigenvalue weighted by atomic mass is 9.96. The van der Waals surface area contributed by atoms with Crippen LogP contribution in [0.5, 0.6) is 0 Å². The van der Waals surface area contributed by atoms with Crippen LogP contribution in [0.4, 0.5) is 0 Å². The van der Waals surface area contributed by atoms with E-state index in [-0.39, 0.29) is 12.5 Å². The number of nitrogens with one attached hydrogen (secondary N) is 1. The molecule has 0 aromatic heterocycles. The number of ether oxygens (including phenoxy) is 5. The molecule has 0 bridgehead atoms. The number of carbonyl (C=O) groups excluding carboxylic acids is 1. The van der Waals surface area contributed by atoms with Crippen molar-refractivity contribution in [3.63, 3.8) is 0 Å². The van der Waals surface area contributed by atoms with Gasteiger partial charge in [0.1, 0.15) is 24.4 Å². The fraction of sp³-hybridized carbons (Fsp3) is 0.306. The summed E-state index contributed by atoms with van der Waals surface area (Å²) in [5.74, 6) is -0.229. The zero-order valence-electron chi connectivity index (χ0n) is 24.4. The van der Waals surface area contributed by atoms with E-state index < -0.39 is 30.6 Å². The maximum atomic E-state index is 12.4. The van der Waals surface area contributed by atoms with E-state index >= 15 is 0 Å². The van der Waals surface area contributed by atoms with Gasteiger partial charge in [0, 0.05) is 6.92 Å². The van der Waals surface area contributed by atoms with Crippen LogP contribution in [-0.2, 0) is 54.9 Å². The Morgan fingerprint density at radius 1 is 0.581 bits per heavy atom. The molecule has 0 aliphatic carbocycles. The molecule has 43 heavy (non-hydrogen) atoms. The third kappa shape index (κ3) is 9.32. The minimum Gasteiger partial charge on any atom is -0.374 e. The Labute approximate surface area is 253 Å². The molecule has 5 rings (SSSR count). The molecule has 1 fully saturated rings. The maximum Gasteiger partial charge on any atom is 0.218 e. The van der Waals surface area contributed by atoms with E-state index in [2.05, 4.69) is 5.32 Å². The topological polar surface area (TPSA) is 75.3 Å². The minimum absolute atomic E-state index is 0.229. The molecular weight excluding hydrogens is 542 g/mol. The highest BCUT2D eigenvalue weighted by atomic mass is 16.6. The van der Waals surface area contributed by atoms with Crippen LogP contribution in [0.1, 0.15) is 29.2 Å². The molecule has 1 amide bonds. The van der Waals surface area contributed by atoms with E-state index in [1.165, 1.54) is 6.92 Å². The molecule has 3 unspecified atom stereocenters. The Kier molecular flexibility index (Phi) is 11.5. The van der Waals surface area contributed by atoms with Crippen molar-refractivity contribution < 1.29 is 28.5 Å². The fourth-order valence-electron chi connectivity index (χ4n) is 5.11. The summed E-state index contributed by atoms with van der Waals surface area (Å²) >= 11 is 0. The van der Waals surface area contributed by atoms with Crippen molar-refractivity contribution >= 4 is 5.91 Å². The van der Waals surface area contributed by atoms with Crippen molar-refractivity contribution in [3.05, 3.63) is 144 Å². The van der Waals surface area contributed by atoms with Crippen LogP contribution < -0.4 is 5.32 Å². The zero-order valence-corrected chi connectivity index (χ0v) is 24.4. The van der Waals surface area contributed by atoms with Gasteiger partial charge in [0.2, 0.25) is 5.91 Å². The second-order valence-corrected chi connectivity index (χ2v) is 10.6. The highest BCUT2D eigenvalue weighted by Crippen LogP contribution is 2.30. The SMILES string of the molecule is CC(=O)N[C@@H]1OC(COCc2ccccc2)[C@@H](OCc2ccccc2)C(OCc2ccccc2)C1OCc1ccccc1. The number of hydrogen-bond donors (Lipinski definition) is 1. The Morgan fingerprint density at radius 3 is 1.42 bits per heavy atom. The van der Waals surface area contributed by atoms with Gasteiger partial charge in [-0.15, -0.1) is 0 Å². The molecule has 0 spiro atoms. The number of benzene rings is 4. The van der Waals surface area contributed by atoms with Crippen LogP contribution in [0, 0.1) is 0 Å². The van der Waals surface area contributed by atoms with Crippen molar-refractivity contribution in [1.29, 1.82) is 0 Å². The third-order valence-electron chi connectivity index (χ3n) is 7.23. The number of hydrogen-bond acceptors (Lipinski definition) is 6. The van der Waals surface area contributed by atoms with Gasteiger partial charge < -0.3 is 29.0 Å². The summed E-state index contributed by atoms with van der Waals surface area (Å²) in [6.45, 7) is 3.13. The lowest BCUT2D eigenvalue weighted by Gasteiger charge is -2.46. The molecule has 4 aromatic rings. The average molecular weight is 582 g/mol. The fourth-order valence-corrected chi connectivity index (χ4v) is 5.11. The molecule has 1 heterocycles. The van der Waals surface area contributed by atoms with Gasteiger partial charge in [-0.3, -0.25) is 4.79 Å². The largest absolute Gasteiger partial charge is 0.374 e. The van der Waals surface area contributed by atoms with Crippen LogP contribution in [0.15, 0.2) is 121 Å². The van der Waals surface area contributed by atoms with Gasteiger partial charge in [0.25, 0.3) is 0 Å². The molecule has 1 aliphatic rings. The summed E-state index contributed by atoms with van der Waals surface area (Å²) < 4.78 is 32.4. The van der Waals surface area contributed by atoms with Gasteiger partial charge >= 0.3 is 0 Å². The zero-order chi connectivity index (χ0) is 29.7. The molecule has 5 atom stereocenters. The monoisotopic (exact) mass is 581 g/mol. The van der Waals surface area contributed by atoms with E-state index in [1.54, 1.807) is 0 Å². The highest BCUT2D eigenvalue weighted by Gasteiger charge is 2.48. The smallest absolute Gasteiger partial charge is 0.218 e. The van der Waals surface area contributed by atoms with Crippen molar-refractivity contribution in [1.82, 2.24) is 5.32 Å². The first-order chi connectivity index (χ1) is 21.2. The summed E-state index contributed by atoms with van der Waals surface area (Å²) in [5, 5.41) is 2.95. The van der Waals surface area contributed by atoms with Crippen LogP contribution >= 0.6 is 0 Å². The minimum atomic E-state index is -0.774. The molecule has 7 heteroatoms. The lowest BCUT2D eigenvalue weighted by molar-refractivity contribution is -0.277. The molecular formula is C36H39NO6. The van der Waals surface area contributed by atoms with E-state index in [9.17, 15) is 4.79 Å².